The van der Waals surface area contributed by atoms with E-state index >= 15 is 0 Å². The lowest BCUT2D eigenvalue weighted by Crippen LogP contribution is -2.26. The van der Waals surface area contributed by atoms with Gasteiger partial charge >= 0.3 is 5.97 Å². The van der Waals surface area contributed by atoms with Gasteiger partial charge < -0.3 is 9.47 Å². The summed E-state index contributed by atoms with van der Waals surface area (Å²) < 4.78 is 11.0. The van der Waals surface area contributed by atoms with Crippen LogP contribution in [-0.2, 0) is 16.1 Å². The number of esters is 1. The first kappa shape index (κ1) is 14.8. The molecule has 6 heteroatoms. The second kappa shape index (κ2) is 6.69. The Morgan fingerprint density at radius 3 is 2.52 bits per heavy atom. The molecule has 0 spiro atoms. The minimum absolute atomic E-state index is 0.208. The number of rotatable bonds is 5. The fraction of sp³-hybridized carbons (Fsp3) is 0.267. The molecule has 1 heterocycles. The van der Waals surface area contributed by atoms with E-state index in [-0.39, 0.29) is 12.1 Å². The third-order valence-corrected chi connectivity index (χ3v) is 2.83. The average molecular weight is 288 g/mol. The largest absolute Gasteiger partial charge is 0.494 e. The Balaban J connectivity index is 2.29. The van der Waals surface area contributed by atoms with Gasteiger partial charge in [-0.2, -0.15) is 5.10 Å². The highest BCUT2D eigenvalue weighted by Gasteiger charge is 2.08. The van der Waals surface area contributed by atoms with Crippen LogP contribution < -0.4 is 10.3 Å². The van der Waals surface area contributed by atoms with Crippen LogP contribution in [0.15, 0.2) is 41.2 Å². The van der Waals surface area contributed by atoms with Gasteiger partial charge in [0.2, 0.25) is 0 Å². The molecule has 0 fully saturated rings. The highest BCUT2D eigenvalue weighted by molar-refractivity contribution is 5.69. The van der Waals surface area contributed by atoms with Crippen molar-refractivity contribution in [3.8, 4) is 17.0 Å². The van der Waals surface area contributed by atoms with Crippen LogP contribution >= 0.6 is 0 Å². The average Bonchev–Trinajstić information content (AvgIpc) is 2.50. The van der Waals surface area contributed by atoms with Crippen LogP contribution in [0.2, 0.25) is 0 Å². The summed E-state index contributed by atoms with van der Waals surface area (Å²) in [6.45, 7) is 2.31. The summed E-state index contributed by atoms with van der Waals surface area (Å²) in [6, 6.07) is 10.3. The summed E-state index contributed by atoms with van der Waals surface area (Å²) in [4.78, 5) is 22.9. The number of aromatic nitrogens is 2. The molecule has 0 saturated heterocycles. The van der Waals surface area contributed by atoms with Gasteiger partial charge in [0.15, 0.2) is 0 Å². The fourth-order valence-corrected chi connectivity index (χ4v) is 1.79. The van der Waals surface area contributed by atoms with Crippen LogP contribution in [0.25, 0.3) is 11.3 Å². The van der Waals surface area contributed by atoms with Crippen molar-refractivity contribution in [1.82, 2.24) is 9.78 Å². The normalized spacial score (nSPS) is 10.2. The maximum Gasteiger partial charge on any atom is 0.327 e. The molecule has 0 amide bonds. The number of carbonyl (C=O) groups excluding carboxylic acids is 1. The Labute approximate surface area is 121 Å². The van der Waals surface area contributed by atoms with Crippen molar-refractivity contribution < 1.29 is 14.3 Å². The van der Waals surface area contributed by atoms with Crippen molar-refractivity contribution in [1.29, 1.82) is 0 Å². The summed E-state index contributed by atoms with van der Waals surface area (Å²) in [6.07, 6.45) is 0. The summed E-state index contributed by atoms with van der Waals surface area (Å²) in [5, 5.41) is 4.17. The van der Waals surface area contributed by atoms with E-state index in [2.05, 4.69) is 9.84 Å². The quantitative estimate of drug-likeness (QED) is 0.779. The zero-order valence-electron chi connectivity index (χ0n) is 11.9. The summed E-state index contributed by atoms with van der Waals surface area (Å²) in [7, 11) is 1.27. The minimum atomic E-state index is -0.520. The number of hydrogen-bond donors (Lipinski definition) is 0. The molecule has 0 atom stereocenters. The molecule has 0 aliphatic carbocycles. The van der Waals surface area contributed by atoms with Gasteiger partial charge in [-0.3, -0.25) is 9.59 Å². The molecule has 0 aliphatic rings. The molecular weight excluding hydrogens is 272 g/mol. The first-order valence-electron chi connectivity index (χ1n) is 6.52. The SMILES string of the molecule is CCOc1ccc(-c2ccc(=O)n(CC(=O)OC)n2)cc1. The molecule has 0 bridgehead atoms. The van der Waals surface area contributed by atoms with E-state index in [1.165, 1.54) is 13.2 Å². The Morgan fingerprint density at radius 2 is 1.90 bits per heavy atom. The van der Waals surface area contributed by atoms with Crippen LogP contribution in [0.4, 0.5) is 0 Å². The molecule has 0 saturated carbocycles. The van der Waals surface area contributed by atoms with Gasteiger partial charge in [0.1, 0.15) is 12.3 Å². The highest BCUT2D eigenvalue weighted by atomic mass is 16.5. The number of methoxy groups -OCH3 is 1. The first-order valence-corrected chi connectivity index (χ1v) is 6.52. The maximum atomic E-state index is 11.7. The third kappa shape index (κ3) is 3.68. The van der Waals surface area contributed by atoms with Crippen LogP contribution in [0, 0.1) is 0 Å². The molecule has 110 valence electrons. The Hall–Kier alpha value is -2.63. The number of carbonyl (C=O) groups is 1. The molecule has 21 heavy (non-hydrogen) atoms. The van der Waals surface area contributed by atoms with Gasteiger partial charge in [-0.05, 0) is 37.3 Å². The topological polar surface area (TPSA) is 70.4 Å². The van der Waals surface area contributed by atoms with Gasteiger partial charge in [0.25, 0.3) is 5.56 Å². The summed E-state index contributed by atoms with van der Waals surface area (Å²) >= 11 is 0. The number of ether oxygens (including phenoxy) is 2. The van der Waals surface area contributed by atoms with Crippen LogP contribution in [0.5, 0.6) is 5.75 Å². The number of benzene rings is 1. The fourth-order valence-electron chi connectivity index (χ4n) is 1.79. The van der Waals surface area contributed by atoms with Crippen molar-refractivity contribution in [3.05, 3.63) is 46.8 Å². The molecule has 1 aromatic heterocycles. The van der Waals surface area contributed by atoms with E-state index in [0.29, 0.717) is 12.3 Å². The smallest absolute Gasteiger partial charge is 0.327 e. The lowest BCUT2D eigenvalue weighted by Gasteiger charge is -2.07. The molecule has 0 aliphatic heterocycles. The molecule has 0 unspecified atom stereocenters. The van der Waals surface area contributed by atoms with Gasteiger partial charge in [0, 0.05) is 11.6 Å². The van der Waals surface area contributed by atoms with Gasteiger partial charge in [-0.1, -0.05) is 0 Å². The molecule has 1 aromatic carbocycles. The minimum Gasteiger partial charge on any atom is -0.494 e. The predicted octanol–water partition coefficient (Wildman–Crippen LogP) is 1.48. The maximum absolute atomic E-state index is 11.7. The molecule has 2 aromatic rings. The predicted molar refractivity (Wildman–Crippen MR) is 77.1 cm³/mol. The van der Waals surface area contributed by atoms with E-state index in [0.717, 1.165) is 16.0 Å². The van der Waals surface area contributed by atoms with E-state index in [4.69, 9.17) is 4.74 Å². The molecule has 0 radical (unpaired) electrons. The number of nitrogens with zero attached hydrogens (tertiary/aromatic N) is 2. The van der Waals surface area contributed by atoms with E-state index in [1.54, 1.807) is 6.07 Å². The molecule has 6 nitrogen and oxygen atoms in total. The second-order valence-corrected chi connectivity index (χ2v) is 4.25. The Morgan fingerprint density at radius 1 is 1.19 bits per heavy atom. The third-order valence-electron chi connectivity index (χ3n) is 2.83. The van der Waals surface area contributed by atoms with Crippen molar-refractivity contribution in [3.63, 3.8) is 0 Å². The van der Waals surface area contributed by atoms with E-state index in [9.17, 15) is 9.59 Å². The summed E-state index contributed by atoms with van der Waals surface area (Å²) in [5.41, 5.74) is 1.08. The molecule has 0 N–H and O–H groups in total. The second-order valence-electron chi connectivity index (χ2n) is 4.25. The van der Waals surface area contributed by atoms with Crippen molar-refractivity contribution in [2.75, 3.05) is 13.7 Å². The lowest BCUT2D eigenvalue weighted by atomic mass is 10.1. The zero-order valence-corrected chi connectivity index (χ0v) is 11.9. The van der Waals surface area contributed by atoms with Gasteiger partial charge in [-0.25, -0.2) is 4.68 Å². The highest BCUT2D eigenvalue weighted by Crippen LogP contribution is 2.19. The van der Waals surface area contributed by atoms with Crippen LogP contribution in [0.1, 0.15) is 6.92 Å². The van der Waals surface area contributed by atoms with Gasteiger partial charge in [-0.15, -0.1) is 0 Å². The molecular formula is C15H16N2O4. The first-order chi connectivity index (χ1) is 10.1. The van der Waals surface area contributed by atoms with E-state index < -0.39 is 5.97 Å². The van der Waals surface area contributed by atoms with Crippen molar-refractivity contribution >= 4 is 5.97 Å². The zero-order chi connectivity index (χ0) is 15.2. The Kier molecular flexibility index (Phi) is 4.71. The van der Waals surface area contributed by atoms with Gasteiger partial charge in [0.05, 0.1) is 19.4 Å². The van der Waals surface area contributed by atoms with E-state index in [1.807, 2.05) is 31.2 Å². The lowest BCUT2D eigenvalue weighted by molar-refractivity contribution is -0.141. The van der Waals surface area contributed by atoms with Crippen LogP contribution in [0.3, 0.4) is 0 Å². The summed E-state index contributed by atoms with van der Waals surface area (Å²) in [5.74, 6) is 0.248. The number of hydrogen-bond acceptors (Lipinski definition) is 5. The van der Waals surface area contributed by atoms with Crippen molar-refractivity contribution in [2.45, 2.75) is 13.5 Å². The van der Waals surface area contributed by atoms with Crippen LogP contribution in [-0.4, -0.2) is 29.5 Å². The molecule has 2 rings (SSSR count). The van der Waals surface area contributed by atoms with Crippen molar-refractivity contribution in [2.24, 2.45) is 0 Å². The monoisotopic (exact) mass is 288 g/mol. The Bertz CT molecular complexity index is 677. The standard InChI is InChI=1S/C15H16N2O4/c1-3-21-12-6-4-11(5-7-12)13-8-9-14(18)17(16-13)10-15(19)20-2/h4-9H,3,10H2,1-2H3.